The van der Waals surface area contributed by atoms with Gasteiger partial charge in [-0.15, -0.1) is 0 Å². The molecule has 3 N–H and O–H groups in total. The Balaban J connectivity index is 2.27. The molecule has 0 atom stereocenters. The van der Waals surface area contributed by atoms with Gasteiger partial charge in [-0.3, -0.25) is 0 Å². The summed E-state index contributed by atoms with van der Waals surface area (Å²) in [5, 5.41) is 1.16. The number of anilines is 1. The van der Waals surface area contributed by atoms with Crippen LogP contribution in [0.1, 0.15) is 19.0 Å². The van der Waals surface area contributed by atoms with Crippen LogP contribution in [0.3, 0.4) is 0 Å². The van der Waals surface area contributed by atoms with Gasteiger partial charge in [-0.25, -0.2) is 0 Å². The molecule has 4 nitrogen and oxygen atoms in total. The number of rotatable bonds is 3. The molecule has 0 fully saturated rings. The number of hydrogen-bond acceptors (Lipinski definition) is 3. The van der Waals surface area contributed by atoms with E-state index in [1.807, 2.05) is 12.1 Å². The summed E-state index contributed by atoms with van der Waals surface area (Å²) in [5.74, 6) is 0. The molecule has 2 heterocycles. The summed E-state index contributed by atoms with van der Waals surface area (Å²) in [6.45, 7) is 2.16. The molecule has 0 bridgehead atoms. The van der Waals surface area contributed by atoms with E-state index in [2.05, 4.69) is 29.0 Å². The molecule has 0 spiro atoms. The minimum atomic E-state index is 0.206. The van der Waals surface area contributed by atoms with Crippen LogP contribution in [-0.2, 0) is 6.42 Å². The van der Waals surface area contributed by atoms with Crippen LogP contribution in [0.15, 0.2) is 34.9 Å². The Hall–Kier alpha value is -2.23. The molecular formula is C14H15N3O. The van der Waals surface area contributed by atoms with E-state index in [4.69, 9.17) is 10.2 Å². The third-order valence-electron chi connectivity index (χ3n) is 3.06. The molecule has 3 rings (SSSR count). The number of hydrogen-bond donors (Lipinski definition) is 2. The number of nitrogens with one attached hydrogen (secondary N) is 1. The smallest absolute Gasteiger partial charge is 0.292 e. The van der Waals surface area contributed by atoms with E-state index in [-0.39, 0.29) is 6.01 Å². The number of benzene rings is 1. The fourth-order valence-corrected chi connectivity index (χ4v) is 2.33. The van der Waals surface area contributed by atoms with Gasteiger partial charge < -0.3 is 15.1 Å². The molecule has 2 aromatic heterocycles. The van der Waals surface area contributed by atoms with Gasteiger partial charge in [-0.05, 0) is 12.5 Å². The van der Waals surface area contributed by atoms with E-state index < -0.39 is 0 Å². The average Bonchev–Trinajstić information content (AvgIpc) is 2.92. The highest BCUT2D eigenvalue weighted by Gasteiger charge is 2.15. The maximum atomic E-state index is 5.56. The lowest BCUT2D eigenvalue weighted by molar-refractivity contribution is 0.581. The molecule has 1 aromatic carbocycles. The van der Waals surface area contributed by atoms with Crippen LogP contribution in [0.4, 0.5) is 6.01 Å². The summed E-state index contributed by atoms with van der Waals surface area (Å²) in [6.07, 6.45) is 3.67. The van der Waals surface area contributed by atoms with Crippen LogP contribution in [-0.4, -0.2) is 9.97 Å². The first kappa shape index (κ1) is 10.9. The number of para-hydroxylation sites is 1. The van der Waals surface area contributed by atoms with E-state index in [1.54, 1.807) is 6.26 Å². The van der Waals surface area contributed by atoms with Crippen molar-refractivity contribution >= 4 is 16.9 Å². The maximum absolute atomic E-state index is 5.56. The summed E-state index contributed by atoms with van der Waals surface area (Å²) in [5.41, 5.74) is 9.78. The van der Waals surface area contributed by atoms with Gasteiger partial charge in [0.2, 0.25) is 0 Å². The minimum Gasteiger partial charge on any atom is -0.432 e. The van der Waals surface area contributed by atoms with Gasteiger partial charge in [-0.1, -0.05) is 31.5 Å². The fourth-order valence-electron chi connectivity index (χ4n) is 2.33. The second kappa shape index (κ2) is 4.22. The molecule has 0 radical (unpaired) electrons. The van der Waals surface area contributed by atoms with Crippen LogP contribution < -0.4 is 5.73 Å². The summed E-state index contributed by atoms with van der Waals surface area (Å²) < 4.78 is 5.12. The molecular weight excluding hydrogens is 226 g/mol. The molecule has 92 valence electrons. The van der Waals surface area contributed by atoms with E-state index >= 15 is 0 Å². The standard InChI is InChI=1S/C14H15N3O/c1-2-5-11-13(12-8-18-14(15)17-12)9-6-3-4-7-10(9)16-11/h3-4,6-8,16H,2,5H2,1H3,(H2,15,17). The van der Waals surface area contributed by atoms with Crippen LogP contribution >= 0.6 is 0 Å². The van der Waals surface area contributed by atoms with Gasteiger partial charge in [0.15, 0.2) is 0 Å². The lowest BCUT2D eigenvalue weighted by Gasteiger charge is -1.99. The largest absolute Gasteiger partial charge is 0.432 e. The summed E-state index contributed by atoms with van der Waals surface area (Å²) in [7, 11) is 0. The van der Waals surface area contributed by atoms with Crippen molar-refractivity contribution in [3.8, 4) is 11.3 Å². The average molecular weight is 241 g/mol. The van der Waals surface area contributed by atoms with Crippen molar-refractivity contribution in [2.75, 3.05) is 5.73 Å². The number of nitrogens with two attached hydrogens (primary N) is 1. The number of aromatic nitrogens is 2. The lowest BCUT2D eigenvalue weighted by atomic mass is 10.1. The van der Waals surface area contributed by atoms with Crippen molar-refractivity contribution < 1.29 is 4.42 Å². The van der Waals surface area contributed by atoms with Crippen molar-refractivity contribution in [2.45, 2.75) is 19.8 Å². The Morgan fingerprint density at radius 2 is 2.17 bits per heavy atom. The normalized spacial score (nSPS) is 11.2. The monoisotopic (exact) mass is 241 g/mol. The highest BCUT2D eigenvalue weighted by molar-refractivity contribution is 5.96. The van der Waals surface area contributed by atoms with E-state index in [9.17, 15) is 0 Å². The summed E-state index contributed by atoms with van der Waals surface area (Å²) in [6, 6.07) is 8.42. The Morgan fingerprint density at radius 1 is 1.33 bits per heavy atom. The topological polar surface area (TPSA) is 67.8 Å². The first-order valence-corrected chi connectivity index (χ1v) is 6.10. The number of nitrogen functional groups attached to an aromatic ring is 1. The van der Waals surface area contributed by atoms with Gasteiger partial charge >= 0.3 is 0 Å². The second-order valence-corrected chi connectivity index (χ2v) is 4.35. The number of aryl methyl sites for hydroxylation is 1. The maximum Gasteiger partial charge on any atom is 0.292 e. The molecule has 0 unspecified atom stereocenters. The molecule has 0 aliphatic heterocycles. The molecule has 3 aromatic rings. The van der Waals surface area contributed by atoms with Gasteiger partial charge in [0, 0.05) is 22.2 Å². The Labute approximate surface area is 105 Å². The first-order chi connectivity index (χ1) is 8.79. The van der Waals surface area contributed by atoms with Gasteiger partial charge in [-0.2, -0.15) is 4.98 Å². The van der Waals surface area contributed by atoms with E-state index in [0.717, 1.165) is 35.0 Å². The van der Waals surface area contributed by atoms with Gasteiger partial charge in [0.1, 0.15) is 12.0 Å². The van der Waals surface area contributed by atoms with Gasteiger partial charge in [0.05, 0.1) is 0 Å². The predicted molar refractivity (Wildman–Crippen MR) is 72.2 cm³/mol. The zero-order chi connectivity index (χ0) is 12.5. The van der Waals surface area contributed by atoms with Crippen LogP contribution in [0.5, 0.6) is 0 Å². The van der Waals surface area contributed by atoms with Crippen molar-refractivity contribution in [3.63, 3.8) is 0 Å². The van der Waals surface area contributed by atoms with Crippen molar-refractivity contribution in [1.82, 2.24) is 9.97 Å². The summed E-state index contributed by atoms with van der Waals surface area (Å²) >= 11 is 0. The molecule has 4 heteroatoms. The van der Waals surface area contributed by atoms with Crippen molar-refractivity contribution in [3.05, 3.63) is 36.2 Å². The number of aromatic amines is 1. The molecule has 0 saturated carbocycles. The highest BCUT2D eigenvalue weighted by atomic mass is 16.4. The number of fused-ring (bicyclic) bond motifs is 1. The zero-order valence-electron chi connectivity index (χ0n) is 10.2. The molecule has 0 amide bonds. The van der Waals surface area contributed by atoms with Gasteiger partial charge in [0.25, 0.3) is 6.01 Å². The Kier molecular flexibility index (Phi) is 2.55. The number of H-pyrrole nitrogens is 1. The number of nitrogens with zero attached hydrogens (tertiary/aromatic N) is 1. The Bertz CT molecular complexity index is 681. The molecule has 0 aliphatic rings. The SMILES string of the molecule is CCCc1[nH]c2ccccc2c1-c1coc(N)n1. The highest BCUT2D eigenvalue weighted by Crippen LogP contribution is 2.32. The van der Waals surface area contributed by atoms with Crippen LogP contribution in [0.2, 0.25) is 0 Å². The zero-order valence-corrected chi connectivity index (χ0v) is 10.2. The fraction of sp³-hybridized carbons (Fsp3) is 0.214. The van der Waals surface area contributed by atoms with E-state index in [0.29, 0.717) is 0 Å². The minimum absolute atomic E-state index is 0.206. The lowest BCUT2D eigenvalue weighted by Crippen LogP contribution is -1.88. The van der Waals surface area contributed by atoms with Crippen molar-refractivity contribution in [2.24, 2.45) is 0 Å². The molecule has 0 saturated heterocycles. The molecule has 0 aliphatic carbocycles. The Morgan fingerprint density at radius 3 is 2.89 bits per heavy atom. The third kappa shape index (κ3) is 1.66. The van der Waals surface area contributed by atoms with Crippen LogP contribution in [0, 0.1) is 0 Å². The summed E-state index contributed by atoms with van der Waals surface area (Å²) in [4.78, 5) is 7.69. The molecule has 18 heavy (non-hydrogen) atoms. The van der Waals surface area contributed by atoms with E-state index in [1.165, 1.54) is 5.69 Å². The third-order valence-corrected chi connectivity index (χ3v) is 3.06. The van der Waals surface area contributed by atoms with Crippen LogP contribution in [0.25, 0.3) is 22.2 Å². The van der Waals surface area contributed by atoms with Crippen molar-refractivity contribution in [1.29, 1.82) is 0 Å². The predicted octanol–water partition coefficient (Wildman–Crippen LogP) is 3.36. The second-order valence-electron chi connectivity index (χ2n) is 4.35. The first-order valence-electron chi connectivity index (χ1n) is 6.10. The number of oxazole rings is 1. The quantitative estimate of drug-likeness (QED) is 0.738.